The number of carbonyl (C=O) groups excluding carboxylic acids is 2. The summed E-state index contributed by atoms with van der Waals surface area (Å²) >= 11 is 0. The molecule has 3 heteroatoms. The van der Waals surface area contributed by atoms with E-state index in [-0.39, 0.29) is 23.4 Å². The van der Waals surface area contributed by atoms with Gasteiger partial charge in [-0.1, -0.05) is 13.3 Å². The molecular formula is C12H20O3. The minimum atomic E-state index is -0.370. The third-order valence-electron chi connectivity index (χ3n) is 3.20. The van der Waals surface area contributed by atoms with E-state index in [2.05, 4.69) is 0 Å². The fourth-order valence-electron chi connectivity index (χ4n) is 1.94. The van der Waals surface area contributed by atoms with Gasteiger partial charge in [0.15, 0.2) is 0 Å². The summed E-state index contributed by atoms with van der Waals surface area (Å²) in [6, 6.07) is 0. The third-order valence-corrected chi connectivity index (χ3v) is 3.20. The van der Waals surface area contributed by atoms with Gasteiger partial charge >= 0.3 is 0 Å². The van der Waals surface area contributed by atoms with Crippen LogP contribution in [0.5, 0.6) is 0 Å². The van der Waals surface area contributed by atoms with Crippen LogP contribution in [-0.2, 0) is 14.3 Å². The Bertz CT molecular complexity index is 231. The van der Waals surface area contributed by atoms with Crippen LogP contribution in [0.4, 0.5) is 0 Å². The molecule has 0 saturated heterocycles. The van der Waals surface area contributed by atoms with Gasteiger partial charge in [-0.15, -0.1) is 0 Å². The zero-order valence-electron chi connectivity index (χ0n) is 9.62. The number of Topliss-reactive ketones (excluding diaryl/α,β-unsaturated/α-hetero) is 2. The molecule has 1 aliphatic rings. The molecule has 0 aliphatic heterocycles. The highest BCUT2D eigenvalue weighted by molar-refractivity contribution is 6.03. The fraction of sp³-hybridized carbons (Fsp3) is 0.833. The summed E-state index contributed by atoms with van der Waals surface area (Å²) in [5.41, 5.74) is 0. The van der Waals surface area contributed by atoms with Gasteiger partial charge in [-0.05, 0) is 19.3 Å². The van der Waals surface area contributed by atoms with Crippen LogP contribution in [0.1, 0.15) is 39.0 Å². The van der Waals surface area contributed by atoms with Crippen molar-refractivity contribution in [1.29, 1.82) is 0 Å². The molecule has 1 rings (SSSR count). The van der Waals surface area contributed by atoms with E-state index in [9.17, 15) is 9.59 Å². The number of hydrogen-bond donors (Lipinski definition) is 0. The van der Waals surface area contributed by atoms with Crippen LogP contribution < -0.4 is 0 Å². The summed E-state index contributed by atoms with van der Waals surface area (Å²) in [5.74, 6) is 0.0213. The Morgan fingerprint density at radius 3 is 2.47 bits per heavy atom. The Hall–Kier alpha value is -0.700. The normalized spacial score (nSPS) is 18.3. The molecule has 0 amide bonds. The first-order valence-corrected chi connectivity index (χ1v) is 5.76. The minimum absolute atomic E-state index is 0.0521. The van der Waals surface area contributed by atoms with E-state index in [1.807, 2.05) is 6.92 Å². The van der Waals surface area contributed by atoms with Gasteiger partial charge in [0.2, 0.25) is 0 Å². The standard InChI is InChI=1S/C12H20O3/c1-3-10(11(13)7-8-15-2)12(14)9-5-4-6-9/h9-10H,3-8H2,1-2H3. The van der Waals surface area contributed by atoms with E-state index in [1.165, 1.54) is 0 Å². The predicted octanol–water partition coefficient (Wildman–Crippen LogP) is 1.99. The molecule has 15 heavy (non-hydrogen) atoms. The van der Waals surface area contributed by atoms with Gasteiger partial charge < -0.3 is 4.74 Å². The summed E-state index contributed by atoms with van der Waals surface area (Å²) in [6.45, 7) is 2.33. The molecule has 86 valence electrons. The molecule has 0 aromatic carbocycles. The number of rotatable bonds is 7. The van der Waals surface area contributed by atoms with Crippen molar-refractivity contribution in [2.24, 2.45) is 11.8 Å². The summed E-state index contributed by atoms with van der Waals surface area (Å²) in [7, 11) is 1.57. The Balaban J connectivity index is 2.45. The average Bonchev–Trinajstić information content (AvgIpc) is 2.13. The molecule has 0 aromatic heterocycles. The van der Waals surface area contributed by atoms with Crippen LogP contribution in [0.15, 0.2) is 0 Å². The summed E-state index contributed by atoms with van der Waals surface area (Å²) in [6.07, 6.45) is 4.10. The van der Waals surface area contributed by atoms with E-state index in [0.29, 0.717) is 19.4 Å². The van der Waals surface area contributed by atoms with E-state index in [4.69, 9.17) is 4.74 Å². The number of ketones is 2. The number of hydrogen-bond acceptors (Lipinski definition) is 3. The number of methoxy groups -OCH3 is 1. The second kappa shape index (κ2) is 6.01. The van der Waals surface area contributed by atoms with Crippen molar-refractivity contribution in [2.75, 3.05) is 13.7 Å². The van der Waals surface area contributed by atoms with Gasteiger partial charge in [-0.25, -0.2) is 0 Å². The Morgan fingerprint density at radius 2 is 2.07 bits per heavy atom. The van der Waals surface area contributed by atoms with Gasteiger partial charge in [0.1, 0.15) is 11.6 Å². The molecule has 3 nitrogen and oxygen atoms in total. The van der Waals surface area contributed by atoms with Crippen LogP contribution in [0.3, 0.4) is 0 Å². The fourth-order valence-corrected chi connectivity index (χ4v) is 1.94. The average molecular weight is 212 g/mol. The lowest BCUT2D eigenvalue weighted by Crippen LogP contribution is -2.33. The van der Waals surface area contributed by atoms with Crippen LogP contribution >= 0.6 is 0 Å². The zero-order valence-corrected chi connectivity index (χ0v) is 9.62. The molecule has 0 heterocycles. The van der Waals surface area contributed by atoms with E-state index in [0.717, 1.165) is 19.3 Å². The van der Waals surface area contributed by atoms with Crippen molar-refractivity contribution in [3.63, 3.8) is 0 Å². The molecule has 1 fully saturated rings. The molecule has 1 aliphatic carbocycles. The molecule has 0 radical (unpaired) electrons. The Kier molecular flexibility index (Phi) is 4.95. The molecule has 1 unspecified atom stereocenters. The SMILES string of the molecule is CCC(C(=O)CCOC)C(=O)C1CCC1. The number of ether oxygens (including phenoxy) is 1. The van der Waals surface area contributed by atoms with Crippen molar-refractivity contribution in [3.8, 4) is 0 Å². The maximum absolute atomic E-state index is 11.9. The topological polar surface area (TPSA) is 43.4 Å². The highest BCUT2D eigenvalue weighted by Crippen LogP contribution is 2.30. The Morgan fingerprint density at radius 1 is 1.40 bits per heavy atom. The Labute approximate surface area is 91.2 Å². The van der Waals surface area contributed by atoms with Crippen molar-refractivity contribution >= 4 is 11.6 Å². The second-order valence-electron chi connectivity index (χ2n) is 4.20. The first-order valence-electron chi connectivity index (χ1n) is 5.76. The van der Waals surface area contributed by atoms with Gasteiger partial charge in [0.25, 0.3) is 0 Å². The third kappa shape index (κ3) is 3.13. The van der Waals surface area contributed by atoms with E-state index >= 15 is 0 Å². The van der Waals surface area contributed by atoms with Crippen LogP contribution in [0.25, 0.3) is 0 Å². The molecule has 1 atom stereocenters. The lowest BCUT2D eigenvalue weighted by atomic mass is 9.76. The zero-order chi connectivity index (χ0) is 11.3. The van der Waals surface area contributed by atoms with Gasteiger partial charge in [0, 0.05) is 19.4 Å². The molecule has 0 spiro atoms. The predicted molar refractivity (Wildman–Crippen MR) is 57.6 cm³/mol. The van der Waals surface area contributed by atoms with Crippen molar-refractivity contribution in [2.45, 2.75) is 39.0 Å². The monoisotopic (exact) mass is 212 g/mol. The smallest absolute Gasteiger partial charge is 0.146 e. The molecule has 1 saturated carbocycles. The second-order valence-corrected chi connectivity index (χ2v) is 4.20. The molecular weight excluding hydrogens is 192 g/mol. The van der Waals surface area contributed by atoms with Crippen LogP contribution in [0, 0.1) is 11.8 Å². The van der Waals surface area contributed by atoms with Gasteiger partial charge in [-0.3, -0.25) is 9.59 Å². The quantitative estimate of drug-likeness (QED) is 0.606. The highest BCUT2D eigenvalue weighted by Gasteiger charge is 2.33. The maximum Gasteiger partial charge on any atom is 0.146 e. The van der Waals surface area contributed by atoms with Crippen LogP contribution in [-0.4, -0.2) is 25.3 Å². The highest BCUT2D eigenvalue weighted by atomic mass is 16.5. The summed E-state index contributed by atoms with van der Waals surface area (Å²) < 4.78 is 4.86. The lowest BCUT2D eigenvalue weighted by Gasteiger charge is -2.27. The van der Waals surface area contributed by atoms with E-state index < -0.39 is 0 Å². The van der Waals surface area contributed by atoms with Crippen LogP contribution in [0.2, 0.25) is 0 Å². The first kappa shape index (κ1) is 12.4. The van der Waals surface area contributed by atoms with Gasteiger partial charge in [0.05, 0.1) is 12.5 Å². The van der Waals surface area contributed by atoms with E-state index in [1.54, 1.807) is 7.11 Å². The summed E-state index contributed by atoms with van der Waals surface area (Å²) in [5, 5.41) is 0. The maximum atomic E-state index is 11.9. The van der Waals surface area contributed by atoms with Crippen molar-refractivity contribution in [1.82, 2.24) is 0 Å². The summed E-state index contributed by atoms with van der Waals surface area (Å²) in [4.78, 5) is 23.6. The molecule has 0 bridgehead atoms. The minimum Gasteiger partial charge on any atom is -0.384 e. The molecule has 0 aromatic rings. The molecule has 0 N–H and O–H groups in total. The van der Waals surface area contributed by atoms with Gasteiger partial charge in [-0.2, -0.15) is 0 Å². The van der Waals surface area contributed by atoms with Crippen molar-refractivity contribution < 1.29 is 14.3 Å². The first-order chi connectivity index (χ1) is 7.20. The van der Waals surface area contributed by atoms with Crippen molar-refractivity contribution in [3.05, 3.63) is 0 Å². The number of carbonyl (C=O) groups is 2. The lowest BCUT2D eigenvalue weighted by molar-refractivity contribution is -0.137. The largest absolute Gasteiger partial charge is 0.384 e.